The van der Waals surface area contributed by atoms with Crippen LogP contribution < -0.4 is 10.1 Å². The molecule has 0 aliphatic carbocycles. The molecule has 1 unspecified atom stereocenters. The quantitative estimate of drug-likeness (QED) is 0.793. The average molecular weight is 335 g/mol. The molecule has 0 spiro atoms. The third kappa shape index (κ3) is 5.82. The summed E-state index contributed by atoms with van der Waals surface area (Å²) in [5.41, 5.74) is 0.707. The van der Waals surface area contributed by atoms with Crippen molar-refractivity contribution in [1.29, 1.82) is 0 Å². The number of benzene rings is 1. The molecule has 2 rings (SSSR count). The lowest BCUT2D eigenvalue weighted by Crippen LogP contribution is -2.50. The monoisotopic (exact) mass is 335 g/mol. The van der Waals surface area contributed by atoms with Crippen molar-refractivity contribution in [3.8, 4) is 5.75 Å². The highest BCUT2D eigenvalue weighted by atomic mass is 16.5. The highest BCUT2D eigenvalue weighted by Crippen LogP contribution is 2.16. The van der Waals surface area contributed by atoms with E-state index in [1.165, 1.54) is 6.92 Å². The molecular formula is C17H25N3O4. The van der Waals surface area contributed by atoms with E-state index in [1.807, 2.05) is 4.90 Å². The lowest BCUT2D eigenvalue weighted by Gasteiger charge is -2.35. The molecule has 7 nitrogen and oxygen atoms in total. The van der Waals surface area contributed by atoms with Crippen LogP contribution in [0.3, 0.4) is 0 Å². The summed E-state index contributed by atoms with van der Waals surface area (Å²) in [5.74, 6) is 0.620. The van der Waals surface area contributed by atoms with Crippen LogP contribution in [-0.4, -0.2) is 72.2 Å². The van der Waals surface area contributed by atoms with Crippen molar-refractivity contribution in [3.05, 3.63) is 24.3 Å². The molecule has 132 valence electrons. The summed E-state index contributed by atoms with van der Waals surface area (Å²) in [5, 5.41) is 12.8. The maximum absolute atomic E-state index is 11.3. The minimum absolute atomic E-state index is 0.0984. The minimum atomic E-state index is -0.594. The highest BCUT2D eigenvalue weighted by molar-refractivity contribution is 5.88. The number of aliphatic hydroxyl groups excluding tert-OH is 1. The summed E-state index contributed by atoms with van der Waals surface area (Å²) in [6.45, 7) is 6.69. The summed E-state index contributed by atoms with van der Waals surface area (Å²) in [6.07, 6.45) is -0.594. The molecule has 1 saturated heterocycles. The van der Waals surface area contributed by atoms with Crippen molar-refractivity contribution < 1.29 is 19.4 Å². The van der Waals surface area contributed by atoms with Gasteiger partial charge in [-0.05, 0) is 24.3 Å². The molecule has 1 heterocycles. The lowest BCUT2D eigenvalue weighted by molar-refractivity contribution is -0.130. The van der Waals surface area contributed by atoms with Crippen LogP contribution in [0.5, 0.6) is 5.75 Å². The van der Waals surface area contributed by atoms with Crippen molar-refractivity contribution in [2.45, 2.75) is 20.0 Å². The van der Waals surface area contributed by atoms with Crippen molar-refractivity contribution in [3.63, 3.8) is 0 Å². The Balaban J connectivity index is 1.70. The van der Waals surface area contributed by atoms with Gasteiger partial charge in [-0.1, -0.05) is 0 Å². The number of anilines is 1. The molecule has 1 aliphatic rings. The van der Waals surface area contributed by atoms with Gasteiger partial charge in [0.15, 0.2) is 0 Å². The standard InChI is InChI=1S/C17H25N3O4/c1-13(21)18-15-3-5-17(6-4-15)24-12-16(23)11-19-7-9-20(10-8-19)14(2)22/h3-6,16,23H,7-12H2,1-2H3,(H,18,21). The first-order valence-corrected chi connectivity index (χ1v) is 8.10. The molecule has 2 N–H and O–H groups in total. The fraction of sp³-hybridized carbons (Fsp3) is 0.529. The number of carbonyl (C=O) groups is 2. The number of ether oxygens (including phenoxy) is 1. The summed E-state index contributed by atoms with van der Waals surface area (Å²) in [7, 11) is 0. The Kier molecular flexibility index (Phi) is 6.57. The highest BCUT2D eigenvalue weighted by Gasteiger charge is 2.20. The van der Waals surface area contributed by atoms with Crippen molar-refractivity contribution in [1.82, 2.24) is 9.80 Å². The fourth-order valence-corrected chi connectivity index (χ4v) is 2.63. The van der Waals surface area contributed by atoms with Crippen LogP contribution in [0.2, 0.25) is 0 Å². The first-order valence-electron chi connectivity index (χ1n) is 8.10. The molecule has 1 fully saturated rings. The van der Waals surface area contributed by atoms with Crippen LogP contribution in [0, 0.1) is 0 Å². The van der Waals surface area contributed by atoms with E-state index in [1.54, 1.807) is 31.2 Å². The minimum Gasteiger partial charge on any atom is -0.491 e. The number of aliphatic hydroxyl groups is 1. The van der Waals surface area contributed by atoms with Crippen LogP contribution in [-0.2, 0) is 9.59 Å². The zero-order valence-corrected chi connectivity index (χ0v) is 14.2. The molecule has 0 radical (unpaired) electrons. The summed E-state index contributed by atoms with van der Waals surface area (Å²) in [4.78, 5) is 26.2. The van der Waals surface area contributed by atoms with Gasteiger partial charge < -0.3 is 20.1 Å². The Labute approximate surface area is 142 Å². The van der Waals surface area contributed by atoms with Gasteiger partial charge in [-0.25, -0.2) is 0 Å². The van der Waals surface area contributed by atoms with E-state index in [9.17, 15) is 14.7 Å². The van der Waals surface area contributed by atoms with Crippen LogP contribution in [0.4, 0.5) is 5.69 Å². The van der Waals surface area contributed by atoms with Gasteiger partial charge >= 0.3 is 0 Å². The molecule has 7 heteroatoms. The molecule has 0 bridgehead atoms. The number of piperazine rings is 1. The maximum Gasteiger partial charge on any atom is 0.221 e. The molecule has 1 aromatic carbocycles. The Bertz CT molecular complexity index is 553. The van der Waals surface area contributed by atoms with Gasteiger partial charge in [0.05, 0.1) is 0 Å². The van der Waals surface area contributed by atoms with Crippen LogP contribution in [0.1, 0.15) is 13.8 Å². The molecule has 1 aliphatic heterocycles. The van der Waals surface area contributed by atoms with Crippen LogP contribution in [0.15, 0.2) is 24.3 Å². The first kappa shape index (κ1) is 18.2. The van der Waals surface area contributed by atoms with E-state index in [2.05, 4.69) is 10.2 Å². The summed E-state index contributed by atoms with van der Waals surface area (Å²) in [6, 6.07) is 7.02. The van der Waals surface area contributed by atoms with Gasteiger partial charge in [-0.15, -0.1) is 0 Å². The number of β-amino-alcohol motifs (C(OH)–C–C–N with tert-alkyl or cyclic N) is 1. The van der Waals surface area contributed by atoms with E-state index in [4.69, 9.17) is 4.74 Å². The predicted octanol–water partition coefficient (Wildman–Crippen LogP) is 0.549. The smallest absolute Gasteiger partial charge is 0.221 e. The van der Waals surface area contributed by atoms with E-state index in [0.717, 1.165) is 13.1 Å². The van der Waals surface area contributed by atoms with Gasteiger partial charge in [-0.2, -0.15) is 0 Å². The second kappa shape index (κ2) is 8.65. The van der Waals surface area contributed by atoms with Gasteiger partial charge in [0.2, 0.25) is 11.8 Å². The number of hydrogen-bond acceptors (Lipinski definition) is 5. The van der Waals surface area contributed by atoms with E-state index >= 15 is 0 Å². The Morgan fingerprint density at radius 3 is 2.33 bits per heavy atom. The Morgan fingerprint density at radius 2 is 1.79 bits per heavy atom. The third-order valence-corrected chi connectivity index (χ3v) is 3.90. The molecule has 0 saturated carbocycles. The zero-order valence-electron chi connectivity index (χ0n) is 14.2. The molecular weight excluding hydrogens is 310 g/mol. The summed E-state index contributed by atoms with van der Waals surface area (Å²) < 4.78 is 5.57. The topological polar surface area (TPSA) is 82.1 Å². The van der Waals surface area contributed by atoms with E-state index < -0.39 is 6.10 Å². The second-order valence-corrected chi connectivity index (χ2v) is 5.98. The number of rotatable bonds is 6. The Morgan fingerprint density at radius 1 is 1.17 bits per heavy atom. The van der Waals surface area contributed by atoms with Crippen molar-refractivity contribution >= 4 is 17.5 Å². The number of amides is 2. The van der Waals surface area contributed by atoms with Crippen LogP contribution in [0.25, 0.3) is 0 Å². The van der Waals surface area contributed by atoms with Gasteiger partial charge in [0.1, 0.15) is 18.5 Å². The van der Waals surface area contributed by atoms with Gasteiger partial charge in [0, 0.05) is 52.3 Å². The fourth-order valence-electron chi connectivity index (χ4n) is 2.63. The largest absolute Gasteiger partial charge is 0.491 e. The number of nitrogens with zero attached hydrogens (tertiary/aromatic N) is 2. The lowest BCUT2D eigenvalue weighted by atomic mass is 10.2. The molecule has 24 heavy (non-hydrogen) atoms. The third-order valence-electron chi connectivity index (χ3n) is 3.90. The van der Waals surface area contributed by atoms with E-state index in [-0.39, 0.29) is 18.4 Å². The number of hydrogen-bond donors (Lipinski definition) is 2. The SMILES string of the molecule is CC(=O)Nc1ccc(OCC(O)CN2CCN(C(C)=O)CC2)cc1. The van der Waals surface area contributed by atoms with Crippen molar-refractivity contribution in [2.75, 3.05) is 44.6 Å². The predicted molar refractivity (Wildman–Crippen MR) is 90.9 cm³/mol. The van der Waals surface area contributed by atoms with Gasteiger partial charge in [-0.3, -0.25) is 14.5 Å². The average Bonchev–Trinajstić information content (AvgIpc) is 2.54. The Hall–Kier alpha value is -2.12. The number of nitrogens with one attached hydrogen (secondary N) is 1. The first-order chi connectivity index (χ1) is 11.4. The van der Waals surface area contributed by atoms with Crippen molar-refractivity contribution in [2.24, 2.45) is 0 Å². The number of carbonyl (C=O) groups excluding carboxylic acids is 2. The zero-order chi connectivity index (χ0) is 17.5. The van der Waals surface area contributed by atoms with Gasteiger partial charge in [0.25, 0.3) is 0 Å². The maximum atomic E-state index is 11.3. The summed E-state index contributed by atoms with van der Waals surface area (Å²) >= 11 is 0. The second-order valence-electron chi connectivity index (χ2n) is 5.98. The molecule has 0 aromatic heterocycles. The molecule has 1 atom stereocenters. The molecule has 2 amide bonds. The van der Waals surface area contributed by atoms with E-state index in [0.29, 0.717) is 31.1 Å². The van der Waals surface area contributed by atoms with Crippen LogP contribution >= 0.6 is 0 Å². The normalized spacial score (nSPS) is 16.5. The molecule has 1 aromatic rings.